The molecule has 1 unspecified atom stereocenters. The Morgan fingerprint density at radius 2 is 2.06 bits per heavy atom. The summed E-state index contributed by atoms with van der Waals surface area (Å²) in [6.07, 6.45) is 2.02. The molecule has 1 aromatic carbocycles. The lowest BCUT2D eigenvalue weighted by Crippen LogP contribution is -2.48. The van der Waals surface area contributed by atoms with Crippen LogP contribution in [0.4, 0.5) is 0 Å². The molecular formula is C13H19NO4. The maximum atomic E-state index is 9.71. The van der Waals surface area contributed by atoms with Gasteiger partial charge in [0.2, 0.25) is 5.75 Å². The van der Waals surface area contributed by atoms with Crippen LogP contribution in [0.3, 0.4) is 0 Å². The van der Waals surface area contributed by atoms with Gasteiger partial charge in [-0.15, -0.1) is 0 Å². The van der Waals surface area contributed by atoms with Crippen LogP contribution in [0.15, 0.2) is 12.1 Å². The van der Waals surface area contributed by atoms with E-state index in [2.05, 4.69) is 12.2 Å². The molecule has 18 heavy (non-hydrogen) atoms. The van der Waals surface area contributed by atoms with Gasteiger partial charge in [0, 0.05) is 24.3 Å². The Morgan fingerprint density at radius 1 is 1.28 bits per heavy atom. The maximum absolute atomic E-state index is 9.71. The number of phenolic OH excluding ortho intramolecular Hbond substituents is 3. The zero-order valence-electron chi connectivity index (χ0n) is 10.4. The zero-order valence-corrected chi connectivity index (χ0v) is 10.4. The van der Waals surface area contributed by atoms with E-state index in [4.69, 9.17) is 4.74 Å². The molecule has 1 aliphatic rings. The van der Waals surface area contributed by atoms with Crippen LogP contribution in [0.5, 0.6) is 17.2 Å². The third-order valence-corrected chi connectivity index (χ3v) is 3.36. The predicted octanol–water partition coefficient (Wildman–Crippen LogP) is 1.46. The second-order valence-electron chi connectivity index (χ2n) is 5.01. The van der Waals surface area contributed by atoms with Crippen LogP contribution in [0.2, 0.25) is 0 Å². The van der Waals surface area contributed by atoms with Gasteiger partial charge in [0.05, 0.1) is 6.61 Å². The van der Waals surface area contributed by atoms with Crippen molar-refractivity contribution in [2.75, 3.05) is 13.2 Å². The van der Waals surface area contributed by atoms with Crippen LogP contribution in [-0.4, -0.2) is 34.1 Å². The van der Waals surface area contributed by atoms with Crippen molar-refractivity contribution in [1.29, 1.82) is 0 Å². The second-order valence-corrected chi connectivity index (χ2v) is 5.01. The molecule has 2 rings (SSSR count). The summed E-state index contributed by atoms with van der Waals surface area (Å²) in [7, 11) is 0. The van der Waals surface area contributed by atoms with Crippen LogP contribution in [-0.2, 0) is 11.3 Å². The molecule has 0 radical (unpaired) electrons. The summed E-state index contributed by atoms with van der Waals surface area (Å²) in [5, 5.41) is 31.7. The first kappa shape index (κ1) is 13.0. The summed E-state index contributed by atoms with van der Waals surface area (Å²) in [5.41, 5.74) is 0.440. The summed E-state index contributed by atoms with van der Waals surface area (Å²) in [4.78, 5) is 0. The predicted molar refractivity (Wildman–Crippen MR) is 66.7 cm³/mol. The highest BCUT2D eigenvalue weighted by molar-refractivity contribution is 5.53. The molecule has 0 bridgehead atoms. The van der Waals surface area contributed by atoms with E-state index in [1.807, 2.05) is 0 Å². The number of phenols is 3. The Bertz CT molecular complexity index is 427. The normalized spacial score (nSPS) is 24.1. The van der Waals surface area contributed by atoms with Gasteiger partial charge in [-0.3, -0.25) is 0 Å². The van der Waals surface area contributed by atoms with Crippen molar-refractivity contribution in [3.63, 3.8) is 0 Å². The Hall–Kier alpha value is -1.46. The monoisotopic (exact) mass is 253 g/mol. The van der Waals surface area contributed by atoms with E-state index in [1.54, 1.807) is 6.07 Å². The molecule has 4 N–H and O–H groups in total. The lowest BCUT2D eigenvalue weighted by molar-refractivity contribution is 0.0277. The van der Waals surface area contributed by atoms with Gasteiger partial charge in [0.15, 0.2) is 11.5 Å². The Balaban J connectivity index is 2.04. The van der Waals surface area contributed by atoms with Crippen molar-refractivity contribution >= 4 is 0 Å². The van der Waals surface area contributed by atoms with Crippen molar-refractivity contribution in [2.45, 2.75) is 31.8 Å². The lowest BCUT2D eigenvalue weighted by Gasteiger charge is -2.34. The summed E-state index contributed by atoms with van der Waals surface area (Å²) >= 11 is 0. The van der Waals surface area contributed by atoms with E-state index in [9.17, 15) is 15.3 Å². The molecule has 0 aliphatic carbocycles. The third-order valence-electron chi connectivity index (χ3n) is 3.36. The number of rotatable bonds is 3. The molecular weight excluding hydrogens is 234 g/mol. The van der Waals surface area contributed by atoms with Crippen molar-refractivity contribution in [3.05, 3.63) is 17.7 Å². The molecule has 1 aromatic rings. The van der Waals surface area contributed by atoms with Crippen molar-refractivity contribution in [2.24, 2.45) is 0 Å². The molecule has 1 heterocycles. The molecule has 100 valence electrons. The van der Waals surface area contributed by atoms with E-state index >= 15 is 0 Å². The van der Waals surface area contributed by atoms with Crippen molar-refractivity contribution < 1.29 is 20.1 Å². The summed E-state index contributed by atoms with van der Waals surface area (Å²) in [6.45, 7) is 3.92. The first-order valence-corrected chi connectivity index (χ1v) is 6.07. The van der Waals surface area contributed by atoms with Gasteiger partial charge in [-0.2, -0.15) is 0 Å². The van der Waals surface area contributed by atoms with Crippen LogP contribution in [0, 0.1) is 0 Å². The first-order valence-electron chi connectivity index (χ1n) is 6.07. The van der Waals surface area contributed by atoms with E-state index in [0.717, 1.165) is 19.4 Å². The largest absolute Gasteiger partial charge is 0.504 e. The molecule has 5 heteroatoms. The van der Waals surface area contributed by atoms with E-state index in [-0.39, 0.29) is 17.0 Å². The second kappa shape index (κ2) is 5.04. The summed E-state index contributed by atoms with van der Waals surface area (Å²) in [6, 6.07) is 2.95. The lowest BCUT2D eigenvalue weighted by atomic mass is 9.94. The van der Waals surface area contributed by atoms with Crippen LogP contribution < -0.4 is 5.32 Å². The number of benzene rings is 1. The number of hydrogen-bond acceptors (Lipinski definition) is 5. The topological polar surface area (TPSA) is 82.0 Å². The highest BCUT2D eigenvalue weighted by Gasteiger charge is 2.27. The fraction of sp³-hybridized carbons (Fsp3) is 0.538. The molecule has 1 saturated heterocycles. The van der Waals surface area contributed by atoms with Crippen LogP contribution in [0.25, 0.3) is 0 Å². The number of hydrogen-bond donors (Lipinski definition) is 4. The quantitative estimate of drug-likeness (QED) is 0.613. The Labute approximate surface area is 106 Å². The molecule has 0 saturated carbocycles. The Morgan fingerprint density at radius 3 is 2.72 bits per heavy atom. The standard InChI is InChI=1S/C13H19NO4/c1-13(5-2-6-18-8-13)14-7-9-3-4-10(15)12(17)11(9)16/h3-4,14-17H,2,5-8H2,1H3. The molecule has 5 nitrogen and oxygen atoms in total. The van der Waals surface area contributed by atoms with Gasteiger partial charge in [0.1, 0.15) is 0 Å². The highest BCUT2D eigenvalue weighted by Crippen LogP contribution is 2.37. The molecule has 0 spiro atoms. The van der Waals surface area contributed by atoms with E-state index in [0.29, 0.717) is 18.7 Å². The average Bonchev–Trinajstić information content (AvgIpc) is 2.36. The van der Waals surface area contributed by atoms with Crippen molar-refractivity contribution in [3.8, 4) is 17.2 Å². The van der Waals surface area contributed by atoms with Gasteiger partial charge in [0.25, 0.3) is 0 Å². The summed E-state index contributed by atoms with van der Waals surface area (Å²) in [5.74, 6) is -1.06. The van der Waals surface area contributed by atoms with Gasteiger partial charge in [-0.05, 0) is 25.8 Å². The minimum Gasteiger partial charge on any atom is -0.504 e. The zero-order chi connectivity index (χ0) is 13.2. The number of nitrogens with one attached hydrogen (secondary N) is 1. The SMILES string of the molecule is CC1(NCc2ccc(O)c(O)c2O)CCCOC1. The van der Waals surface area contributed by atoms with Gasteiger partial charge < -0.3 is 25.4 Å². The first-order chi connectivity index (χ1) is 8.52. The number of ether oxygens (including phenoxy) is 1. The number of aromatic hydroxyl groups is 3. The summed E-state index contributed by atoms with van der Waals surface area (Å²) < 4.78 is 5.43. The van der Waals surface area contributed by atoms with E-state index in [1.165, 1.54) is 6.07 Å². The van der Waals surface area contributed by atoms with E-state index < -0.39 is 5.75 Å². The minimum absolute atomic E-state index is 0.113. The molecule has 0 amide bonds. The van der Waals surface area contributed by atoms with Crippen molar-refractivity contribution in [1.82, 2.24) is 5.32 Å². The minimum atomic E-state index is -0.473. The highest BCUT2D eigenvalue weighted by atomic mass is 16.5. The molecule has 1 fully saturated rings. The average molecular weight is 253 g/mol. The Kier molecular flexibility index (Phi) is 3.63. The molecule has 1 atom stereocenters. The van der Waals surface area contributed by atoms with Crippen LogP contribution in [0.1, 0.15) is 25.3 Å². The maximum Gasteiger partial charge on any atom is 0.200 e. The van der Waals surface area contributed by atoms with Gasteiger partial charge >= 0.3 is 0 Å². The molecule has 0 aromatic heterocycles. The van der Waals surface area contributed by atoms with Gasteiger partial charge in [-0.25, -0.2) is 0 Å². The van der Waals surface area contributed by atoms with Gasteiger partial charge in [-0.1, -0.05) is 6.07 Å². The smallest absolute Gasteiger partial charge is 0.200 e. The third kappa shape index (κ3) is 2.68. The fourth-order valence-electron chi connectivity index (χ4n) is 2.14. The van der Waals surface area contributed by atoms with Crippen LogP contribution >= 0.6 is 0 Å². The fourth-order valence-corrected chi connectivity index (χ4v) is 2.14. The molecule has 1 aliphatic heterocycles.